The normalized spacial score (nSPS) is 22.4. The summed E-state index contributed by atoms with van der Waals surface area (Å²) in [6.45, 7) is 10.5. The van der Waals surface area contributed by atoms with Gasteiger partial charge in [-0.3, -0.25) is 4.79 Å². The van der Waals surface area contributed by atoms with Crippen molar-refractivity contribution in [3.63, 3.8) is 0 Å². The minimum atomic E-state index is 0.180. The van der Waals surface area contributed by atoms with Gasteiger partial charge in [0.05, 0.1) is 0 Å². The summed E-state index contributed by atoms with van der Waals surface area (Å²) in [4.78, 5) is 12.2. The fraction of sp³-hybridized carbons (Fsp3) is 0.632. The quantitative estimate of drug-likeness (QED) is 0.897. The molecule has 1 heterocycles. The van der Waals surface area contributed by atoms with E-state index in [4.69, 9.17) is 0 Å². The van der Waals surface area contributed by atoms with Crippen molar-refractivity contribution in [1.82, 2.24) is 10.6 Å². The molecule has 2 N–H and O–H groups in total. The molecule has 1 aromatic rings. The summed E-state index contributed by atoms with van der Waals surface area (Å²) in [5.41, 5.74) is 2.83. The molecular weight excluding hydrogens is 272 g/mol. The molecule has 1 aliphatic heterocycles. The third kappa shape index (κ3) is 4.84. The van der Waals surface area contributed by atoms with Crippen LogP contribution in [0.3, 0.4) is 0 Å². The lowest BCUT2D eigenvalue weighted by molar-refractivity contribution is -0.126. The molecule has 0 aliphatic carbocycles. The first-order valence-corrected chi connectivity index (χ1v) is 8.47. The molecule has 1 fully saturated rings. The van der Waals surface area contributed by atoms with Crippen molar-refractivity contribution in [1.29, 1.82) is 0 Å². The number of nitrogens with one attached hydrogen (secondary N) is 2. The number of piperidine rings is 1. The summed E-state index contributed by atoms with van der Waals surface area (Å²) < 4.78 is 0. The lowest BCUT2D eigenvalue weighted by Gasteiger charge is -2.27. The summed E-state index contributed by atoms with van der Waals surface area (Å²) in [5.74, 6) is 0.402. The van der Waals surface area contributed by atoms with Gasteiger partial charge in [0.15, 0.2) is 0 Å². The van der Waals surface area contributed by atoms with E-state index in [1.807, 2.05) is 0 Å². The van der Waals surface area contributed by atoms with Crippen LogP contribution in [0.1, 0.15) is 51.7 Å². The molecule has 1 amide bonds. The third-order valence-electron chi connectivity index (χ3n) is 4.53. The second-order valence-electron chi connectivity index (χ2n) is 7.56. The highest BCUT2D eigenvalue weighted by atomic mass is 16.1. The Labute approximate surface area is 134 Å². The zero-order valence-electron chi connectivity index (χ0n) is 14.4. The van der Waals surface area contributed by atoms with E-state index in [0.29, 0.717) is 6.04 Å². The van der Waals surface area contributed by atoms with E-state index in [1.165, 1.54) is 11.1 Å². The Morgan fingerprint density at radius 3 is 2.55 bits per heavy atom. The fourth-order valence-electron chi connectivity index (χ4n) is 3.02. The molecule has 1 aromatic carbocycles. The molecule has 2 rings (SSSR count). The Morgan fingerprint density at radius 2 is 1.95 bits per heavy atom. The van der Waals surface area contributed by atoms with Crippen molar-refractivity contribution in [3.05, 3.63) is 35.4 Å². The Kier molecular flexibility index (Phi) is 5.63. The van der Waals surface area contributed by atoms with Crippen LogP contribution in [-0.4, -0.2) is 25.0 Å². The van der Waals surface area contributed by atoms with E-state index >= 15 is 0 Å². The average Bonchev–Trinajstić information content (AvgIpc) is 2.47. The minimum Gasteiger partial charge on any atom is -0.356 e. The Bertz CT molecular complexity index is 487. The number of rotatable bonds is 4. The zero-order valence-corrected chi connectivity index (χ0v) is 14.4. The minimum absolute atomic E-state index is 0.180. The van der Waals surface area contributed by atoms with Crippen molar-refractivity contribution in [2.45, 2.75) is 58.4 Å². The molecule has 22 heavy (non-hydrogen) atoms. The fourth-order valence-corrected chi connectivity index (χ4v) is 3.02. The van der Waals surface area contributed by atoms with Crippen LogP contribution in [0.4, 0.5) is 0 Å². The Hall–Kier alpha value is -1.35. The van der Waals surface area contributed by atoms with Crippen LogP contribution in [0.2, 0.25) is 0 Å². The van der Waals surface area contributed by atoms with Crippen LogP contribution in [0.5, 0.6) is 0 Å². The van der Waals surface area contributed by atoms with Gasteiger partial charge in [-0.1, -0.05) is 45.0 Å². The van der Waals surface area contributed by atoms with Crippen molar-refractivity contribution < 1.29 is 4.79 Å². The lowest BCUT2D eigenvalue weighted by Crippen LogP contribution is -2.42. The predicted octanol–water partition coefficient (Wildman–Crippen LogP) is 3.03. The molecule has 0 spiro atoms. The molecule has 122 valence electrons. The van der Waals surface area contributed by atoms with Gasteiger partial charge >= 0.3 is 0 Å². The SMILES string of the molecule is C[C@H]1C[C@@H](C(=O)NCCc2ccc(C(C)(C)C)cc2)CCN1. The molecular formula is C19H30N2O. The summed E-state index contributed by atoms with van der Waals surface area (Å²) in [5, 5.41) is 6.49. The summed E-state index contributed by atoms with van der Waals surface area (Å²) in [7, 11) is 0. The van der Waals surface area contributed by atoms with Gasteiger partial charge in [0.25, 0.3) is 0 Å². The molecule has 0 unspecified atom stereocenters. The molecule has 0 aromatic heterocycles. The number of carbonyl (C=O) groups is 1. The topological polar surface area (TPSA) is 41.1 Å². The van der Waals surface area contributed by atoms with Crippen molar-refractivity contribution in [2.75, 3.05) is 13.1 Å². The molecule has 1 saturated heterocycles. The first-order chi connectivity index (χ1) is 10.4. The molecule has 0 radical (unpaired) electrons. The first kappa shape index (κ1) is 17.0. The highest BCUT2D eigenvalue weighted by Crippen LogP contribution is 2.22. The Balaban J connectivity index is 1.77. The molecule has 0 saturated carbocycles. The van der Waals surface area contributed by atoms with E-state index in [9.17, 15) is 4.79 Å². The van der Waals surface area contributed by atoms with Crippen LogP contribution in [0, 0.1) is 5.92 Å². The standard InChI is InChI=1S/C19H30N2O/c1-14-13-16(10-12-20-14)18(22)21-11-9-15-5-7-17(8-6-15)19(2,3)4/h5-8,14,16,20H,9-13H2,1-4H3,(H,21,22)/t14-,16-/m0/s1. The highest BCUT2D eigenvalue weighted by molar-refractivity contribution is 5.78. The number of hydrogen-bond acceptors (Lipinski definition) is 2. The molecule has 1 aliphatic rings. The first-order valence-electron chi connectivity index (χ1n) is 8.47. The van der Waals surface area contributed by atoms with Crippen molar-refractivity contribution in [3.8, 4) is 0 Å². The second kappa shape index (κ2) is 7.28. The monoisotopic (exact) mass is 302 g/mol. The maximum Gasteiger partial charge on any atom is 0.223 e. The van der Waals surface area contributed by atoms with Gasteiger partial charge in [0.1, 0.15) is 0 Å². The predicted molar refractivity (Wildman–Crippen MR) is 92.0 cm³/mol. The van der Waals surface area contributed by atoms with E-state index in [-0.39, 0.29) is 17.2 Å². The van der Waals surface area contributed by atoms with Crippen LogP contribution in [0.15, 0.2) is 24.3 Å². The average molecular weight is 302 g/mol. The van der Waals surface area contributed by atoms with Crippen LogP contribution < -0.4 is 10.6 Å². The summed E-state index contributed by atoms with van der Waals surface area (Å²) in [6.07, 6.45) is 2.80. The highest BCUT2D eigenvalue weighted by Gasteiger charge is 2.24. The van der Waals surface area contributed by atoms with Gasteiger partial charge in [0.2, 0.25) is 5.91 Å². The van der Waals surface area contributed by atoms with Gasteiger partial charge in [-0.2, -0.15) is 0 Å². The van der Waals surface area contributed by atoms with E-state index in [1.54, 1.807) is 0 Å². The third-order valence-corrected chi connectivity index (χ3v) is 4.53. The molecule has 0 bridgehead atoms. The smallest absolute Gasteiger partial charge is 0.223 e. The maximum atomic E-state index is 12.2. The van der Waals surface area contributed by atoms with Crippen LogP contribution in [-0.2, 0) is 16.6 Å². The van der Waals surface area contributed by atoms with E-state index in [2.05, 4.69) is 62.6 Å². The maximum absolute atomic E-state index is 12.2. The molecule has 3 nitrogen and oxygen atoms in total. The summed E-state index contributed by atoms with van der Waals surface area (Å²) in [6, 6.07) is 9.21. The van der Waals surface area contributed by atoms with Gasteiger partial charge in [-0.25, -0.2) is 0 Å². The lowest BCUT2D eigenvalue weighted by atomic mass is 9.86. The largest absolute Gasteiger partial charge is 0.356 e. The van der Waals surface area contributed by atoms with Crippen LogP contribution in [0.25, 0.3) is 0 Å². The summed E-state index contributed by atoms with van der Waals surface area (Å²) >= 11 is 0. The van der Waals surface area contributed by atoms with Gasteiger partial charge in [0, 0.05) is 18.5 Å². The molecule has 3 heteroatoms. The number of benzene rings is 1. The number of hydrogen-bond donors (Lipinski definition) is 2. The van der Waals surface area contributed by atoms with Gasteiger partial charge in [-0.05, 0) is 49.3 Å². The number of carbonyl (C=O) groups excluding carboxylic acids is 1. The number of amides is 1. The van der Waals surface area contributed by atoms with Gasteiger partial charge < -0.3 is 10.6 Å². The second-order valence-corrected chi connectivity index (χ2v) is 7.56. The Morgan fingerprint density at radius 1 is 1.27 bits per heavy atom. The van der Waals surface area contributed by atoms with Crippen LogP contribution >= 0.6 is 0 Å². The van der Waals surface area contributed by atoms with Gasteiger partial charge in [-0.15, -0.1) is 0 Å². The van der Waals surface area contributed by atoms with Crippen molar-refractivity contribution >= 4 is 5.91 Å². The van der Waals surface area contributed by atoms with E-state index < -0.39 is 0 Å². The van der Waals surface area contributed by atoms with Crippen molar-refractivity contribution in [2.24, 2.45) is 5.92 Å². The van der Waals surface area contributed by atoms with E-state index in [0.717, 1.165) is 32.4 Å². The zero-order chi connectivity index (χ0) is 16.2. The molecule has 2 atom stereocenters.